The second kappa shape index (κ2) is 7.54. The first-order valence-electron chi connectivity index (χ1n) is 6.73. The number of halogens is 2. The van der Waals surface area contributed by atoms with Gasteiger partial charge in [0.1, 0.15) is 5.82 Å². The molecule has 4 nitrogen and oxygen atoms in total. The van der Waals surface area contributed by atoms with Crippen LogP contribution in [0.3, 0.4) is 0 Å². The third kappa shape index (κ3) is 6.25. The molecule has 0 saturated heterocycles. The number of rotatable bonds is 5. The highest BCUT2D eigenvalue weighted by molar-refractivity contribution is 9.10. The van der Waals surface area contributed by atoms with Crippen molar-refractivity contribution >= 4 is 33.4 Å². The van der Waals surface area contributed by atoms with Crippen LogP contribution in [0.15, 0.2) is 22.7 Å². The second-order valence-electron chi connectivity index (χ2n) is 5.78. The highest BCUT2D eigenvalue weighted by Gasteiger charge is 2.20. The van der Waals surface area contributed by atoms with Crippen molar-refractivity contribution in [3.8, 4) is 0 Å². The Morgan fingerprint density at radius 1 is 1.29 bits per heavy atom. The molecule has 1 aromatic carbocycles. The first kappa shape index (κ1) is 17.6. The van der Waals surface area contributed by atoms with Crippen LogP contribution in [0, 0.1) is 11.2 Å². The SMILES string of the molecule is CC(C)(C)C(=O)NCCCC(=O)Nc1ccc(Br)cc1F. The summed E-state index contributed by atoms with van der Waals surface area (Å²) < 4.78 is 14.1. The average molecular weight is 359 g/mol. The number of nitrogens with one attached hydrogen (secondary N) is 2. The Labute approximate surface area is 132 Å². The van der Waals surface area contributed by atoms with Crippen molar-refractivity contribution in [2.45, 2.75) is 33.6 Å². The van der Waals surface area contributed by atoms with E-state index in [4.69, 9.17) is 0 Å². The molecular weight excluding hydrogens is 339 g/mol. The molecule has 0 bridgehead atoms. The number of anilines is 1. The van der Waals surface area contributed by atoms with Gasteiger partial charge in [0.05, 0.1) is 5.69 Å². The van der Waals surface area contributed by atoms with Gasteiger partial charge in [0.15, 0.2) is 0 Å². The predicted octanol–water partition coefficient (Wildman–Crippen LogP) is 3.47. The van der Waals surface area contributed by atoms with E-state index in [1.807, 2.05) is 20.8 Å². The summed E-state index contributed by atoms with van der Waals surface area (Å²) in [6.07, 6.45) is 0.728. The Bertz CT molecular complexity index is 527. The Balaban J connectivity index is 2.33. The fourth-order valence-electron chi connectivity index (χ4n) is 1.52. The largest absolute Gasteiger partial charge is 0.356 e. The fourth-order valence-corrected chi connectivity index (χ4v) is 1.85. The molecule has 0 radical (unpaired) electrons. The van der Waals surface area contributed by atoms with Crippen molar-refractivity contribution in [1.29, 1.82) is 0 Å². The number of hydrogen-bond acceptors (Lipinski definition) is 2. The van der Waals surface area contributed by atoms with E-state index in [2.05, 4.69) is 26.6 Å². The number of carbonyl (C=O) groups excluding carboxylic acids is 2. The van der Waals surface area contributed by atoms with Crippen molar-refractivity contribution in [3.05, 3.63) is 28.5 Å². The van der Waals surface area contributed by atoms with Crippen LogP contribution in [0.25, 0.3) is 0 Å². The Morgan fingerprint density at radius 2 is 1.95 bits per heavy atom. The van der Waals surface area contributed by atoms with Crippen LogP contribution in [0.1, 0.15) is 33.6 Å². The summed E-state index contributed by atoms with van der Waals surface area (Å²) in [5.74, 6) is -0.818. The lowest BCUT2D eigenvalue weighted by Crippen LogP contribution is -2.35. The molecule has 0 fully saturated rings. The molecule has 1 rings (SSSR count). The summed E-state index contributed by atoms with van der Waals surface area (Å²) in [6, 6.07) is 4.44. The highest BCUT2D eigenvalue weighted by atomic mass is 79.9. The number of hydrogen-bond donors (Lipinski definition) is 2. The Kier molecular flexibility index (Phi) is 6.33. The van der Waals surface area contributed by atoms with Crippen molar-refractivity contribution in [2.75, 3.05) is 11.9 Å². The highest BCUT2D eigenvalue weighted by Crippen LogP contribution is 2.19. The maximum atomic E-state index is 13.5. The van der Waals surface area contributed by atoms with Gasteiger partial charge in [0.25, 0.3) is 0 Å². The van der Waals surface area contributed by atoms with E-state index in [9.17, 15) is 14.0 Å². The summed E-state index contributed by atoms with van der Waals surface area (Å²) in [7, 11) is 0. The van der Waals surface area contributed by atoms with Gasteiger partial charge in [-0.1, -0.05) is 36.7 Å². The molecular formula is C15H20BrFN2O2. The first-order chi connectivity index (χ1) is 9.70. The van der Waals surface area contributed by atoms with E-state index in [1.165, 1.54) is 12.1 Å². The van der Waals surface area contributed by atoms with E-state index in [-0.39, 0.29) is 23.9 Å². The van der Waals surface area contributed by atoms with E-state index in [0.29, 0.717) is 17.4 Å². The number of benzene rings is 1. The van der Waals surface area contributed by atoms with Crippen LogP contribution >= 0.6 is 15.9 Å². The van der Waals surface area contributed by atoms with E-state index in [1.54, 1.807) is 6.07 Å². The summed E-state index contributed by atoms with van der Waals surface area (Å²) >= 11 is 3.15. The van der Waals surface area contributed by atoms with Gasteiger partial charge in [-0.15, -0.1) is 0 Å². The quantitative estimate of drug-likeness (QED) is 0.791. The molecule has 116 valence electrons. The molecule has 0 heterocycles. The average Bonchev–Trinajstić information content (AvgIpc) is 2.36. The van der Waals surface area contributed by atoms with Gasteiger partial charge < -0.3 is 10.6 Å². The topological polar surface area (TPSA) is 58.2 Å². The van der Waals surface area contributed by atoms with Crippen molar-refractivity contribution < 1.29 is 14.0 Å². The third-order valence-electron chi connectivity index (χ3n) is 2.75. The molecule has 0 aliphatic carbocycles. The Hall–Kier alpha value is -1.43. The fraction of sp³-hybridized carbons (Fsp3) is 0.467. The van der Waals surface area contributed by atoms with Gasteiger partial charge in [-0.25, -0.2) is 4.39 Å². The van der Waals surface area contributed by atoms with Crippen molar-refractivity contribution in [2.24, 2.45) is 5.41 Å². The summed E-state index contributed by atoms with van der Waals surface area (Å²) in [6.45, 7) is 5.90. The minimum absolute atomic E-state index is 0.0538. The van der Waals surface area contributed by atoms with E-state index in [0.717, 1.165) is 0 Å². The zero-order chi connectivity index (χ0) is 16.0. The zero-order valence-corrected chi connectivity index (χ0v) is 14.0. The van der Waals surface area contributed by atoms with Crippen molar-refractivity contribution in [1.82, 2.24) is 5.32 Å². The van der Waals surface area contributed by atoms with Crippen molar-refractivity contribution in [3.63, 3.8) is 0 Å². The summed E-state index contributed by atoms with van der Waals surface area (Å²) in [5.41, 5.74) is -0.287. The van der Waals surface area contributed by atoms with Crippen LogP contribution in [0.2, 0.25) is 0 Å². The smallest absolute Gasteiger partial charge is 0.225 e. The second-order valence-corrected chi connectivity index (χ2v) is 6.70. The number of amides is 2. The van der Waals surface area contributed by atoms with Crippen LogP contribution in [-0.2, 0) is 9.59 Å². The van der Waals surface area contributed by atoms with Gasteiger partial charge in [-0.05, 0) is 24.6 Å². The molecule has 2 N–H and O–H groups in total. The van der Waals surface area contributed by atoms with Crippen LogP contribution in [-0.4, -0.2) is 18.4 Å². The molecule has 0 atom stereocenters. The van der Waals surface area contributed by atoms with Crippen LogP contribution in [0.5, 0.6) is 0 Å². The predicted molar refractivity (Wildman–Crippen MR) is 84.4 cm³/mol. The first-order valence-corrected chi connectivity index (χ1v) is 7.52. The van der Waals surface area contributed by atoms with Gasteiger partial charge >= 0.3 is 0 Å². The van der Waals surface area contributed by atoms with E-state index < -0.39 is 11.2 Å². The lowest BCUT2D eigenvalue weighted by Gasteiger charge is -2.17. The lowest BCUT2D eigenvalue weighted by molar-refractivity contribution is -0.128. The van der Waals surface area contributed by atoms with Gasteiger partial charge in [0, 0.05) is 22.9 Å². The van der Waals surface area contributed by atoms with Crippen LogP contribution < -0.4 is 10.6 Å². The van der Waals surface area contributed by atoms with Crippen LogP contribution in [0.4, 0.5) is 10.1 Å². The molecule has 0 aliphatic rings. The minimum Gasteiger partial charge on any atom is -0.356 e. The molecule has 2 amide bonds. The minimum atomic E-state index is -0.487. The number of carbonyl (C=O) groups is 2. The standard InChI is InChI=1S/C15H20BrFN2O2/c1-15(2,3)14(21)18-8-4-5-13(20)19-12-7-6-10(16)9-11(12)17/h6-7,9H,4-5,8H2,1-3H3,(H,18,21)(H,19,20). The molecule has 0 aliphatic heterocycles. The maximum Gasteiger partial charge on any atom is 0.225 e. The Morgan fingerprint density at radius 3 is 2.52 bits per heavy atom. The van der Waals surface area contributed by atoms with Gasteiger partial charge in [-0.3, -0.25) is 9.59 Å². The monoisotopic (exact) mass is 358 g/mol. The summed E-state index contributed by atoms with van der Waals surface area (Å²) in [4.78, 5) is 23.3. The lowest BCUT2D eigenvalue weighted by atomic mass is 9.96. The third-order valence-corrected chi connectivity index (χ3v) is 3.25. The summed E-state index contributed by atoms with van der Waals surface area (Å²) in [5, 5.41) is 5.27. The molecule has 21 heavy (non-hydrogen) atoms. The normalized spacial score (nSPS) is 11.1. The zero-order valence-electron chi connectivity index (χ0n) is 12.4. The molecule has 0 spiro atoms. The molecule has 6 heteroatoms. The van der Waals surface area contributed by atoms with Gasteiger partial charge in [0.2, 0.25) is 11.8 Å². The van der Waals surface area contributed by atoms with Gasteiger partial charge in [-0.2, -0.15) is 0 Å². The molecule has 1 aromatic rings. The molecule has 0 saturated carbocycles. The molecule has 0 unspecified atom stereocenters. The molecule has 0 aromatic heterocycles. The van der Waals surface area contributed by atoms with E-state index >= 15 is 0 Å². The maximum absolute atomic E-state index is 13.5.